The molecule has 0 aliphatic heterocycles. The minimum atomic E-state index is 0. The molecule has 28 valence electrons. The largest absolute Gasteiger partial charge is 2.00 e. The first kappa shape index (κ1) is 36.4. The molecule has 0 fully saturated rings. The van der Waals surface area contributed by atoms with Crippen LogP contribution in [0.4, 0.5) is 0 Å². The monoisotopic (exact) mass is 368 g/mol. The van der Waals surface area contributed by atoms with Gasteiger partial charge in [0.1, 0.15) is 0 Å². The van der Waals surface area contributed by atoms with Crippen molar-refractivity contribution in [2.45, 2.75) is 0 Å². The normalized spacial score (nSPS) is 0. The van der Waals surface area contributed by atoms with Crippen LogP contribution in [0.25, 0.3) is 0 Å². The zero-order chi connectivity index (χ0) is 0. The SMILES string of the molecule is [CaH2].[CaH2].[Cu+2].[O-2].[Tl]. The molecule has 0 bridgehead atoms. The van der Waals surface area contributed by atoms with E-state index in [2.05, 4.69) is 0 Å². The van der Waals surface area contributed by atoms with Gasteiger partial charge in [0.15, 0.2) is 0 Å². The number of hydrogen-bond donors (Lipinski definition) is 0. The van der Waals surface area contributed by atoms with Gasteiger partial charge in [-0.25, -0.2) is 0 Å². The van der Waals surface area contributed by atoms with Gasteiger partial charge in [0.2, 0.25) is 0 Å². The second kappa shape index (κ2) is 24.7. The van der Waals surface area contributed by atoms with Gasteiger partial charge in [0.25, 0.3) is 0 Å². The van der Waals surface area contributed by atoms with E-state index in [0.717, 1.165) is 0 Å². The summed E-state index contributed by atoms with van der Waals surface area (Å²) in [5.41, 5.74) is 0. The summed E-state index contributed by atoms with van der Waals surface area (Å²) >= 11 is 0. The van der Waals surface area contributed by atoms with Gasteiger partial charge in [0, 0.05) is 27.3 Å². The molecule has 0 aliphatic rings. The van der Waals surface area contributed by atoms with Crippen molar-refractivity contribution < 1.29 is 22.5 Å². The standard InChI is InChI=1S/2Ca.Cu.O.Tl.4H/q;;+2;-2;;;;;. The molecule has 2 radical (unpaired) electrons. The van der Waals surface area contributed by atoms with Crippen LogP contribution in [0.15, 0.2) is 0 Å². The van der Waals surface area contributed by atoms with E-state index < -0.39 is 0 Å². The Morgan fingerprint density at radius 1 is 0.800 bits per heavy atom. The van der Waals surface area contributed by atoms with Crippen LogP contribution >= 0.6 is 0 Å². The molecule has 0 atom stereocenters. The number of rotatable bonds is 0. The molecule has 0 saturated heterocycles. The molecule has 0 amide bonds. The van der Waals surface area contributed by atoms with Crippen molar-refractivity contribution >= 4 is 103 Å². The topological polar surface area (TPSA) is 28.5 Å². The summed E-state index contributed by atoms with van der Waals surface area (Å²) < 4.78 is 0. The van der Waals surface area contributed by atoms with Crippen molar-refractivity contribution in [3.8, 4) is 0 Å². The summed E-state index contributed by atoms with van der Waals surface area (Å²) in [7, 11) is 0. The zero-order valence-corrected chi connectivity index (χ0v) is 6.72. The summed E-state index contributed by atoms with van der Waals surface area (Å²) in [4.78, 5) is 0. The van der Waals surface area contributed by atoms with E-state index >= 15 is 0 Å². The van der Waals surface area contributed by atoms with Crippen LogP contribution in [0.1, 0.15) is 0 Å². The van der Waals surface area contributed by atoms with E-state index in [1.165, 1.54) is 0 Å². The molecule has 0 aromatic carbocycles. The summed E-state index contributed by atoms with van der Waals surface area (Å²) in [6.07, 6.45) is 0. The molecule has 0 N–H and O–H groups in total. The van der Waals surface area contributed by atoms with E-state index in [4.69, 9.17) is 0 Å². The molecular weight excluding hydrogens is 364 g/mol. The number of hydrogen-bond acceptors (Lipinski definition) is 0. The maximum Gasteiger partial charge on any atom is 2.00 e. The van der Waals surface area contributed by atoms with Gasteiger partial charge < -0.3 is 5.48 Å². The summed E-state index contributed by atoms with van der Waals surface area (Å²) in [6, 6.07) is 0. The molecule has 5 heavy (non-hydrogen) atoms. The Kier molecular flexibility index (Phi) is 180. The smallest absolute Gasteiger partial charge is 2.00 e. The quantitative estimate of drug-likeness (QED) is 0.430. The second-order valence-electron chi connectivity index (χ2n) is 0. The van der Waals surface area contributed by atoms with Crippen LogP contribution < -0.4 is 0 Å². The average molecular weight is 368 g/mol. The Labute approximate surface area is 122 Å². The van der Waals surface area contributed by atoms with E-state index in [1.807, 2.05) is 0 Å². The Morgan fingerprint density at radius 3 is 0.800 bits per heavy atom. The first-order valence-corrected chi connectivity index (χ1v) is 0. The Bertz CT molecular complexity index is 9.61. The fourth-order valence-electron chi connectivity index (χ4n) is 0. The van der Waals surface area contributed by atoms with Crippen molar-refractivity contribution in [1.29, 1.82) is 0 Å². The first-order valence-electron chi connectivity index (χ1n) is 0. The van der Waals surface area contributed by atoms with Crippen molar-refractivity contribution in [3.05, 3.63) is 0 Å². The molecule has 1 nitrogen and oxygen atoms in total. The van der Waals surface area contributed by atoms with Crippen molar-refractivity contribution in [1.82, 2.24) is 0 Å². The Hall–Kier alpha value is 3.92. The molecule has 0 aromatic rings. The molecule has 0 aromatic heterocycles. The summed E-state index contributed by atoms with van der Waals surface area (Å²) in [6.45, 7) is 0. The molecule has 0 aliphatic carbocycles. The van der Waals surface area contributed by atoms with E-state index in [-0.39, 0.29) is 125 Å². The van der Waals surface area contributed by atoms with Gasteiger partial charge in [-0.3, -0.25) is 0 Å². The third-order valence-electron chi connectivity index (χ3n) is 0. The molecule has 0 spiro atoms. The minimum Gasteiger partial charge on any atom is -2.00 e. The third-order valence-corrected chi connectivity index (χ3v) is 0. The van der Waals surface area contributed by atoms with Gasteiger partial charge in [-0.2, -0.15) is 0 Å². The van der Waals surface area contributed by atoms with Gasteiger partial charge >= 0.3 is 92.5 Å². The average Bonchev–Trinajstić information content (AvgIpc) is 0. The van der Waals surface area contributed by atoms with Crippen molar-refractivity contribution in [3.63, 3.8) is 0 Å². The molecule has 0 rings (SSSR count). The predicted octanol–water partition coefficient (Wildman–Crippen LogP) is -2.33. The van der Waals surface area contributed by atoms with Crippen molar-refractivity contribution in [2.24, 2.45) is 0 Å². The molecule has 5 heteroatoms. The van der Waals surface area contributed by atoms with Gasteiger partial charge in [-0.15, -0.1) is 0 Å². The van der Waals surface area contributed by atoms with Gasteiger partial charge in [0.05, 0.1) is 0 Å². The first-order chi connectivity index (χ1) is 0. The molecule has 0 unspecified atom stereocenters. The second-order valence-corrected chi connectivity index (χ2v) is 0. The third kappa shape index (κ3) is 18.1. The van der Waals surface area contributed by atoms with Crippen LogP contribution in [0.5, 0.6) is 0 Å². The molecule has 0 saturated carbocycles. The zero-order valence-electron chi connectivity index (χ0n) is 1.29. The van der Waals surface area contributed by atoms with E-state index in [9.17, 15) is 0 Å². The fourth-order valence-corrected chi connectivity index (χ4v) is 0. The predicted molar refractivity (Wildman–Crippen MR) is 23.5 cm³/mol. The van der Waals surface area contributed by atoms with Gasteiger partial charge in [-0.1, -0.05) is 0 Å². The molecule has 0 heterocycles. The Morgan fingerprint density at radius 2 is 0.800 bits per heavy atom. The van der Waals surface area contributed by atoms with E-state index in [1.54, 1.807) is 0 Å². The van der Waals surface area contributed by atoms with E-state index in [0.29, 0.717) is 0 Å². The summed E-state index contributed by atoms with van der Waals surface area (Å²) in [5.74, 6) is 0. The summed E-state index contributed by atoms with van der Waals surface area (Å²) in [5, 5.41) is 0. The Balaban J connectivity index is 0. The minimum absolute atomic E-state index is 0. The van der Waals surface area contributed by atoms with Crippen LogP contribution in [-0.4, -0.2) is 103 Å². The van der Waals surface area contributed by atoms with Crippen LogP contribution in [-0.2, 0) is 22.5 Å². The van der Waals surface area contributed by atoms with Crippen LogP contribution in [0.2, 0.25) is 0 Å². The van der Waals surface area contributed by atoms with Crippen molar-refractivity contribution in [2.75, 3.05) is 0 Å². The van der Waals surface area contributed by atoms with Gasteiger partial charge in [-0.05, 0) is 0 Å². The molecular formula is H4Ca2CuOTl. The van der Waals surface area contributed by atoms with Crippen LogP contribution in [0.3, 0.4) is 0 Å². The maximum atomic E-state index is 0. The fraction of sp³-hybridized carbons (Fsp3) is 0. The maximum absolute atomic E-state index is 0. The van der Waals surface area contributed by atoms with Crippen LogP contribution in [0, 0.1) is 0 Å².